The lowest BCUT2D eigenvalue weighted by molar-refractivity contribution is -0.145. The number of hydrogen-bond acceptors (Lipinski definition) is 3. The van der Waals surface area contributed by atoms with Crippen LogP contribution in [0.5, 0.6) is 0 Å². The van der Waals surface area contributed by atoms with E-state index >= 15 is 0 Å². The van der Waals surface area contributed by atoms with Gasteiger partial charge in [0.05, 0.1) is 6.61 Å². The summed E-state index contributed by atoms with van der Waals surface area (Å²) in [6.45, 7) is 3.99. The minimum absolute atomic E-state index is 0.0554. The summed E-state index contributed by atoms with van der Waals surface area (Å²) in [7, 11) is 0. The number of benzene rings is 3. The van der Waals surface area contributed by atoms with Gasteiger partial charge in [0, 0.05) is 11.5 Å². The maximum Gasteiger partial charge on any atom is 0.328 e. The van der Waals surface area contributed by atoms with Crippen LogP contribution in [0.25, 0.3) is 0 Å². The summed E-state index contributed by atoms with van der Waals surface area (Å²) < 4.78 is 5.28. The van der Waals surface area contributed by atoms with Crippen LogP contribution in [-0.2, 0) is 9.53 Å². The zero-order valence-corrected chi connectivity index (χ0v) is 17.4. The number of carbonyl (C=O) groups excluding carboxylic acids is 2. The summed E-state index contributed by atoms with van der Waals surface area (Å²) >= 11 is 0. The summed E-state index contributed by atoms with van der Waals surface area (Å²) in [5.74, 6) is -0.761. The molecular formula is C26H27NO3. The van der Waals surface area contributed by atoms with E-state index in [1.54, 1.807) is 19.1 Å². The average Bonchev–Trinajstić information content (AvgIpc) is 2.78. The molecule has 0 heterocycles. The molecule has 30 heavy (non-hydrogen) atoms. The van der Waals surface area contributed by atoms with Crippen molar-refractivity contribution in [3.05, 3.63) is 107 Å². The number of hydrogen-bond donors (Lipinski definition) is 1. The number of ether oxygens (including phenoxy) is 1. The molecule has 0 saturated carbocycles. The number of esters is 1. The molecule has 3 aromatic carbocycles. The van der Waals surface area contributed by atoms with Crippen molar-refractivity contribution in [1.29, 1.82) is 0 Å². The van der Waals surface area contributed by atoms with Gasteiger partial charge in [-0.05, 0) is 43.5 Å². The Morgan fingerprint density at radius 1 is 0.833 bits per heavy atom. The van der Waals surface area contributed by atoms with Crippen molar-refractivity contribution in [1.82, 2.24) is 5.32 Å². The Morgan fingerprint density at radius 2 is 1.37 bits per heavy atom. The van der Waals surface area contributed by atoms with Crippen molar-refractivity contribution in [2.45, 2.75) is 32.2 Å². The van der Waals surface area contributed by atoms with Crippen molar-refractivity contribution in [3.8, 4) is 0 Å². The molecule has 1 unspecified atom stereocenters. The highest BCUT2D eigenvalue weighted by Crippen LogP contribution is 2.29. The van der Waals surface area contributed by atoms with Gasteiger partial charge in [-0.3, -0.25) is 4.79 Å². The topological polar surface area (TPSA) is 55.4 Å². The first-order valence-corrected chi connectivity index (χ1v) is 10.2. The second-order valence-electron chi connectivity index (χ2n) is 7.25. The van der Waals surface area contributed by atoms with Gasteiger partial charge < -0.3 is 10.1 Å². The highest BCUT2D eigenvalue weighted by atomic mass is 16.5. The average molecular weight is 402 g/mol. The molecule has 0 saturated heterocycles. The summed E-state index contributed by atoms with van der Waals surface area (Å²) in [6.07, 6.45) is 0.407. The first-order chi connectivity index (χ1) is 14.6. The fraction of sp³-hybridized carbons (Fsp3) is 0.231. The molecular weight excluding hydrogens is 374 g/mol. The van der Waals surface area contributed by atoms with Crippen LogP contribution in [0.1, 0.15) is 46.3 Å². The Kier molecular flexibility index (Phi) is 7.39. The third-order valence-corrected chi connectivity index (χ3v) is 5.07. The molecule has 1 atom stereocenters. The predicted molar refractivity (Wildman–Crippen MR) is 118 cm³/mol. The molecule has 0 radical (unpaired) electrons. The first kappa shape index (κ1) is 21.3. The summed E-state index contributed by atoms with van der Waals surface area (Å²) in [6, 6.07) is 26.6. The number of carbonyl (C=O) groups is 2. The Hall–Kier alpha value is -3.40. The van der Waals surface area contributed by atoms with E-state index in [0.717, 1.165) is 16.7 Å². The Bertz CT molecular complexity index is 913. The van der Waals surface area contributed by atoms with Crippen LogP contribution < -0.4 is 5.32 Å². The zero-order valence-electron chi connectivity index (χ0n) is 17.4. The van der Waals surface area contributed by atoms with E-state index in [9.17, 15) is 9.59 Å². The molecule has 0 spiro atoms. The van der Waals surface area contributed by atoms with E-state index in [2.05, 4.69) is 5.32 Å². The smallest absolute Gasteiger partial charge is 0.328 e. The molecule has 1 amide bonds. The fourth-order valence-electron chi connectivity index (χ4n) is 3.47. The number of nitrogens with one attached hydrogen (secondary N) is 1. The van der Waals surface area contributed by atoms with Crippen LogP contribution >= 0.6 is 0 Å². The third kappa shape index (κ3) is 5.57. The monoisotopic (exact) mass is 401 g/mol. The van der Waals surface area contributed by atoms with Gasteiger partial charge in [-0.2, -0.15) is 0 Å². The van der Waals surface area contributed by atoms with Gasteiger partial charge in [0.25, 0.3) is 5.91 Å². The molecule has 1 N–H and O–H groups in total. The van der Waals surface area contributed by atoms with E-state index in [1.807, 2.05) is 79.7 Å². The number of rotatable bonds is 8. The highest BCUT2D eigenvalue weighted by molar-refractivity contribution is 5.96. The second kappa shape index (κ2) is 10.4. The van der Waals surface area contributed by atoms with Crippen LogP contribution in [0.2, 0.25) is 0 Å². The maximum atomic E-state index is 12.8. The van der Waals surface area contributed by atoms with Crippen molar-refractivity contribution in [2.24, 2.45) is 0 Å². The van der Waals surface area contributed by atoms with Crippen LogP contribution in [0.3, 0.4) is 0 Å². The standard InChI is InChI=1S/C26H27NO3/c1-3-30-26(29)24(27-25(28)22-16-14-19(2)15-17-22)18-23(20-10-6-4-7-11-20)21-12-8-5-9-13-21/h4-17,23-24H,3,18H2,1-2H3,(H,27,28). The SMILES string of the molecule is CCOC(=O)C(CC(c1ccccc1)c1ccccc1)NC(=O)c1ccc(C)cc1. The Morgan fingerprint density at radius 3 is 1.87 bits per heavy atom. The van der Waals surface area contributed by atoms with Crippen LogP contribution in [0, 0.1) is 6.92 Å². The molecule has 0 bridgehead atoms. The number of amides is 1. The van der Waals surface area contributed by atoms with E-state index in [1.165, 1.54) is 0 Å². The normalized spacial score (nSPS) is 11.7. The third-order valence-electron chi connectivity index (χ3n) is 5.07. The molecule has 0 aliphatic heterocycles. The minimum Gasteiger partial charge on any atom is -0.464 e. The molecule has 0 aromatic heterocycles. The van der Waals surface area contributed by atoms with Crippen molar-refractivity contribution < 1.29 is 14.3 Å². The van der Waals surface area contributed by atoms with E-state index in [0.29, 0.717) is 12.0 Å². The molecule has 0 aliphatic carbocycles. The lowest BCUT2D eigenvalue weighted by Gasteiger charge is -2.24. The first-order valence-electron chi connectivity index (χ1n) is 10.2. The van der Waals surface area contributed by atoms with Gasteiger partial charge >= 0.3 is 5.97 Å². The lowest BCUT2D eigenvalue weighted by Crippen LogP contribution is -2.43. The van der Waals surface area contributed by atoms with Gasteiger partial charge in [0.2, 0.25) is 0 Å². The van der Waals surface area contributed by atoms with Gasteiger partial charge in [-0.1, -0.05) is 78.4 Å². The van der Waals surface area contributed by atoms with Crippen molar-refractivity contribution >= 4 is 11.9 Å². The minimum atomic E-state index is -0.760. The zero-order chi connectivity index (χ0) is 21.3. The van der Waals surface area contributed by atoms with E-state index in [-0.39, 0.29) is 18.4 Å². The molecule has 4 heteroatoms. The molecule has 0 fully saturated rings. The fourth-order valence-corrected chi connectivity index (χ4v) is 3.47. The van der Waals surface area contributed by atoms with Gasteiger partial charge in [-0.25, -0.2) is 4.79 Å². The predicted octanol–water partition coefficient (Wildman–Crippen LogP) is 4.88. The van der Waals surface area contributed by atoms with Gasteiger partial charge in [-0.15, -0.1) is 0 Å². The molecule has 154 valence electrons. The quantitative estimate of drug-likeness (QED) is 0.548. The van der Waals surface area contributed by atoms with E-state index < -0.39 is 12.0 Å². The van der Waals surface area contributed by atoms with E-state index in [4.69, 9.17) is 4.74 Å². The van der Waals surface area contributed by atoms with Gasteiger partial charge in [0.1, 0.15) is 6.04 Å². The highest BCUT2D eigenvalue weighted by Gasteiger charge is 2.28. The maximum absolute atomic E-state index is 12.8. The Balaban J connectivity index is 1.88. The van der Waals surface area contributed by atoms with Crippen LogP contribution in [0.4, 0.5) is 0 Å². The van der Waals surface area contributed by atoms with Crippen molar-refractivity contribution in [3.63, 3.8) is 0 Å². The molecule has 3 rings (SSSR count). The summed E-state index contributed by atoms with van der Waals surface area (Å²) in [5, 5.41) is 2.89. The van der Waals surface area contributed by atoms with Gasteiger partial charge in [0.15, 0.2) is 0 Å². The summed E-state index contributed by atoms with van der Waals surface area (Å²) in [5.41, 5.74) is 3.76. The molecule has 0 aliphatic rings. The molecule has 4 nitrogen and oxygen atoms in total. The largest absolute Gasteiger partial charge is 0.464 e. The summed E-state index contributed by atoms with van der Waals surface area (Å²) in [4.78, 5) is 25.5. The van der Waals surface area contributed by atoms with Crippen LogP contribution in [-0.4, -0.2) is 24.5 Å². The van der Waals surface area contributed by atoms with Crippen LogP contribution in [0.15, 0.2) is 84.9 Å². The van der Waals surface area contributed by atoms with Crippen molar-refractivity contribution in [2.75, 3.05) is 6.61 Å². The second-order valence-corrected chi connectivity index (χ2v) is 7.25. The lowest BCUT2D eigenvalue weighted by atomic mass is 9.86. The molecule has 3 aromatic rings. The number of aryl methyl sites for hydroxylation is 1. The Labute approximate surface area is 177 Å².